The fourth-order valence-electron chi connectivity index (χ4n) is 1.76. The van der Waals surface area contributed by atoms with Gasteiger partial charge in [-0.1, -0.05) is 0 Å². The molecule has 0 saturated carbocycles. The summed E-state index contributed by atoms with van der Waals surface area (Å²) in [5, 5.41) is 8.87. The van der Waals surface area contributed by atoms with E-state index in [-0.39, 0.29) is 18.9 Å². The second-order valence-corrected chi connectivity index (χ2v) is 5.30. The van der Waals surface area contributed by atoms with Gasteiger partial charge in [0.1, 0.15) is 6.23 Å². The smallest absolute Gasteiger partial charge is 0.330 e. The van der Waals surface area contributed by atoms with Crippen LogP contribution in [0.5, 0.6) is 0 Å². The first-order chi connectivity index (χ1) is 10.3. The van der Waals surface area contributed by atoms with Crippen molar-refractivity contribution in [3.8, 4) is 0 Å². The first-order valence-electron chi connectivity index (χ1n) is 7.01. The van der Waals surface area contributed by atoms with Crippen molar-refractivity contribution >= 4 is 0 Å². The Morgan fingerprint density at radius 3 is 2.41 bits per heavy atom. The van der Waals surface area contributed by atoms with Crippen molar-refractivity contribution in [1.82, 2.24) is 9.55 Å². The first-order valence-corrected chi connectivity index (χ1v) is 7.01. The Hall–Kier alpha value is -1.48. The lowest BCUT2D eigenvalue weighted by Crippen LogP contribution is -2.31. The Balaban J connectivity index is 0.000000295. The van der Waals surface area contributed by atoms with E-state index in [1.807, 2.05) is 13.8 Å². The number of nitrogens with one attached hydrogen (secondary N) is 1. The first kappa shape index (κ1) is 18.6. The zero-order valence-corrected chi connectivity index (χ0v) is 13.4. The monoisotopic (exact) mass is 316 g/mol. The van der Waals surface area contributed by atoms with Gasteiger partial charge in [-0.05, 0) is 26.7 Å². The number of aromatic nitrogens is 2. The third kappa shape index (κ3) is 5.38. The Kier molecular flexibility index (Phi) is 6.95. The zero-order valence-electron chi connectivity index (χ0n) is 13.4. The van der Waals surface area contributed by atoms with Gasteiger partial charge in [-0.15, -0.1) is 0 Å². The lowest BCUT2D eigenvalue weighted by atomic mass is 10.2. The summed E-state index contributed by atoms with van der Waals surface area (Å²) in [5.41, 5.74) is -0.904. The Labute approximate surface area is 128 Å². The van der Waals surface area contributed by atoms with Gasteiger partial charge in [0.2, 0.25) is 0 Å². The van der Waals surface area contributed by atoms with Crippen LogP contribution in [0, 0.1) is 0 Å². The Morgan fingerprint density at radius 1 is 1.36 bits per heavy atom. The molecule has 22 heavy (non-hydrogen) atoms. The maximum absolute atomic E-state index is 11.4. The quantitative estimate of drug-likeness (QED) is 0.770. The lowest BCUT2D eigenvalue weighted by Gasteiger charge is -2.19. The number of aromatic amines is 1. The van der Waals surface area contributed by atoms with Gasteiger partial charge in [0.25, 0.3) is 5.56 Å². The van der Waals surface area contributed by atoms with Crippen molar-refractivity contribution < 1.29 is 19.3 Å². The molecule has 1 aromatic heterocycles. The predicted molar refractivity (Wildman–Crippen MR) is 79.6 cm³/mol. The molecule has 0 aromatic carbocycles. The number of aliphatic hydroxyl groups excluding tert-OH is 1. The molecule has 2 unspecified atom stereocenters. The van der Waals surface area contributed by atoms with Crippen molar-refractivity contribution in [2.75, 3.05) is 20.8 Å². The van der Waals surface area contributed by atoms with Crippen LogP contribution in [0.2, 0.25) is 0 Å². The highest BCUT2D eigenvalue weighted by atomic mass is 16.7. The van der Waals surface area contributed by atoms with Gasteiger partial charge in [0, 0.05) is 26.5 Å². The third-order valence-corrected chi connectivity index (χ3v) is 3.43. The molecule has 8 heteroatoms. The third-order valence-electron chi connectivity index (χ3n) is 3.43. The summed E-state index contributed by atoms with van der Waals surface area (Å²) in [5.74, 6) is -0.417. The van der Waals surface area contributed by atoms with E-state index < -0.39 is 17.0 Å². The summed E-state index contributed by atoms with van der Waals surface area (Å²) >= 11 is 0. The molecule has 0 spiro atoms. The number of ether oxygens (including phenoxy) is 3. The number of methoxy groups -OCH3 is 2. The fraction of sp³-hybridized carbons (Fsp3) is 0.714. The van der Waals surface area contributed by atoms with E-state index in [9.17, 15) is 9.59 Å². The van der Waals surface area contributed by atoms with E-state index in [4.69, 9.17) is 19.3 Å². The number of hydrogen-bond acceptors (Lipinski definition) is 6. The maximum Gasteiger partial charge on any atom is 0.330 e. The van der Waals surface area contributed by atoms with Crippen molar-refractivity contribution in [2.24, 2.45) is 0 Å². The average Bonchev–Trinajstić information content (AvgIpc) is 2.96. The second kappa shape index (κ2) is 8.23. The van der Waals surface area contributed by atoms with Gasteiger partial charge in [-0.3, -0.25) is 14.3 Å². The maximum atomic E-state index is 11.4. The summed E-state index contributed by atoms with van der Waals surface area (Å²) in [4.78, 5) is 24.4. The van der Waals surface area contributed by atoms with Gasteiger partial charge in [0.15, 0.2) is 5.79 Å². The fourth-order valence-corrected chi connectivity index (χ4v) is 1.76. The SMILES string of the molecule is COC(C)(C)OC.O=c1ccn(C2CCC(CO)O2)c(=O)[nH]1. The van der Waals surface area contributed by atoms with Crippen LogP contribution in [0.15, 0.2) is 21.9 Å². The van der Waals surface area contributed by atoms with Crippen LogP contribution < -0.4 is 11.2 Å². The van der Waals surface area contributed by atoms with Crippen LogP contribution in [0.3, 0.4) is 0 Å². The summed E-state index contributed by atoms with van der Waals surface area (Å²) < 4.78 is 16.5. The van der Waals surface area contributed by atoms with E-state index >= 15 is 0 Å². The largest absolute Gasteiger partial charge is 0.394 e. The van der Waals surface area contributed by atoms with Gasteiger partial charge in [0.05, 0.1) is 12.7 Å². The molecule has 1 aliphatic heterocycles. The molecule has 0 aliphatic carbocycles. The molecule has 0 radical (unpaired) electrons. The minimum absolute atomic E-state index is 0.0470. The molecule has 2 atom stereocenters. The van der Waals surface area contributed by atoms with E-state index in [1.165, 1.54) is 16.8 Å². The molecule has 1 aromatic rings. The molecular weight excluding hydrogens is 292 g/mol. The number of nitrogens with zero attached hydrogens (tertiary/aromatic N) is 1. The second-order valence-electron chi connectivity index (χ2n) is 5.30. The highest BCUT2D eigenvalue weighted by Gasteiger charge is 2.26. The van der Waals surface area contributed by atoms with Crippen LogP contribution in [0.25, 0.3) is 0 Å². The highest BCUT2D eigenvalue weighted by molar-refractivity contribution is 4.85. The van der Waals surface area contributed by atoms with Crippen molar-refractivity contribution in [3.63, 3.8) is 0 Å². The van der Waals surface area contributed by atoms with Gasteiger partial charge < -0.3 is 19.3 Å². The van der Waals surface area contributed by atoms with Crippen LogP contribution in [-0.4, -0.2) is 47.4 Å². The molecule has 2 N–H and O–H groups in total. The Morgan fingerprint density at radius 2 is 2.00 bits per heavy atom. The normalized spacial score (nSPS) is 21.3. The molecule has 8 nitrogen and oxygen atoms in total. The predicted octanol–water partition coefficient (Wildman–Crippen LogP) is 0.222. The van der Waals surface area contributed by atoms with Gasteiger partial charge >= 0.3 is 5.69 Å². The molecule has 0 bridgehead atoms. The van der Waals surface area contributed by atoms with Crippen LogP contribution in [0.1, 0.15) is 32.9 Å². The van der Waals surface area contributed by atoms with Crippen molar-refractivity contribution in [1.29, 1.82) is 0 Å². The van der Waals surface area contributed by atoms with E-state index in [2.05, 4.69) is 4.98 Å². The lowest BCUT2D eigenvalue weighted by molar-refractivity contribution is -0.178. The summed E-state index contributed by atoms with van der Waals surface area (Å²) in [6.07, 6.45) is 2.19. The van der Waals surface area contributed by atoms with E-state index in [1.54, 1.807) is 14.2 Å². The van der Waals surface area contributed by atoms with Crippen molar-refractivity contribution in [3.05, 3.63) is 33.1 Å². The minimum Gasteiger partial charge on any atom is -0.394 e. The number of rotatable bonds is 4. The molecule has 126 valence electrons. The Bertz CT molecular complexity index is 559. The highest BCUT2D eigenvalue weighted by Crippen LogP contribution is 2.26. The molecule has 2 heterocycles. The number of aliphatic hydroxyl groups is 1. The topological polar surface area (TPSA) is 103 Å². The van der Waals surface area contributed by atoms with Gasteiger partial charge in [-0.25, -0.2) is 4.79 Å². The zero-order chi connectivity index (χ0) is 16.8. The average molecular weight is 316 g/mol. The summed E-state index contributed by atoms with van der Waals surface area (Å²) in [6.45, 7) is 3.66. The minimum atomic E-state index is -0.480. The molecule has 1 saturated heterocycles. The van der Waals surface area contributed by atoms with Crippen LogP contribution in [-0.2, 0) is 14.2 Å². The molecule has 0 amide bonds. The van der Waals surface area contributed by atoms with Gasteiger partial charge in [-0.2, -0.15) is 0 Å². The van der Waals surface area contributed by atoms with Crippen LogP contribution >= 0.6 is 0 Å². The molecular formula is C14H24N2O6. The van der Waals surface area contributed by atoms with Crippen molar-refractivity contribution in [2.45, 2.75) is 44.8 Å². The van der Waals surface area contributed by atoms with E-state index in [0.29, 0.717) is 12.8 Å². The number of hydrogen-bond donors (Lipinski definition) is 2. The summed E-state index contributed by atoms with van der Waals surface area (Å²) in [6, 6.07) is 1.27. The molecule has 1 aliphatic rings. The molecule has 2 rings (SSSR count). The van der Waals surface area contributed by atoms with E-state index in [0.717, 1.165) is 0 Å². The number of H-pyrrole nitrogens is 1. The standard InChI is InChI=1S/C9H12N2O4.C5H12O2/c12-5-6-1-2-8(15-6)11-4-3-7(13)10-9(11)14;1-5(2,6-3)7-4/h3-4,6,8,12H,1-2,5H2,(H,10,13,14);1-4H3. The summed E-state index contributed by atoms with van der Waals surface area (Å²) in [7, 11) is 3.23. The molecule has 1 fully saturated rings. The van der Waals surface area contributed by atoms with Crippen LogP contribution in [0.4, 0.5) is 0 Å².